The van der Waals surface area contributed by atoms with Crippen molar-refractivity contribution in [1.29, 1.82) is 16.1 Å². The molecule has 0 aromatic heterocycles. The first kappa shape index (κ1) is 17.4. The minimum atomic E-state index is -0.594. The summed E-state index contributed by atoms with van der Waals surface area (Å²) in [5.41, 5.74) is 15.1. The van der Waals surface area contributed by atoms with Gasteiger partial charge in [0.25, 0.3) is 0 Å². The lowest BCUT2D eigenvalue weighted by Crippen LogP contribution is -2.33. The van der Waals surface area contributed by atoms with Crippen molar-refractivity contribution in [1.82, 2.24) is 4.90 Å². The summed E-state index contributed by atoms with van der Waals surface area (Å²) in [5, 5.41) is 26.1. The highest BCUT2D eigenvalue weighted by atomic mass is 15.1. The second kappa shape index (κ2) is 6.84. The fraction of sp³-hybridized carbons (Fsp3) is 0.263. The zero-order chi connectivity index (χ0) is 18.8. The highest BCUT2D eigenvalue weighted by Crippen LogP contribution is 2.39. The van der Waals surface area contributed by atoms with Crippen LogP contribution in [0.4, 0.5) is 0 Å². The van der Waals surface area contributed by atoms with E-state index in [1.165, 1.54) is 6.20 Å². The van der Waals surface area contributed by atoms with E-state index in [9.17, 15) is 5.26 Å². The van der Waals surface area contributed by atoms with E-state index in [2.05, 4.69) is 16.0 Å². The number of nitrogens with one attached hydrogen (secondary N) is 2. The van der Waals surface area contributed by atoms with Crippen molar-refractivity contribution in [2.45, 2.75) is 12.8 Å². The van der Waals surface area contributed by atoms with Gasteiger partial charge in [0.05, 0.1) is 34.7 Å². The third-order valence-electron chi connectivity index (χ3n) is 4.73. The fourth-order valence-electron chi connectivity index (χ4n) is 3.46. The van der Waals surface area contributed by atoms with Crippen LogP contribution in [0.25, 0.3) is 0 Å². The third-order valence-corrected chi connectivity index (χ3v) is 4.73. The summed E-state index contributed by atoms with van der Waals surface area (Å²) in [6, 6.07) is 2.26. The Balaban J connectivity index is 2.21. The van der Waals surface area contributed by atoms with Gasteiger partial charge in [-0.1, -0.05) is 12.2 Å². The average molecular weight is 347 g/mol. The van der Waals surface area contributed by atoms with Crippen LogP contribution in [0, 0.1) is 28.1 Å². The lowest BCUT2D eigenvalue weighted by molar-refractivity contribution is 0.417. The smallest absolute Gasteiger partial charge is 0.129 e. The maximum atomic E-state index is 9.91. The summed E-state index contributed by atoms with van der Waals surface area (Å²) in [7, 11) is 1.98. The summed E-state index contributed by atoms with van der Waals surface area (Å²) in [4.78, 5) is 6.54. The molecule has 2 aliphatic heterocycles. The number of nitriles is 1. The molecule has 0 radical (unpaired) electrons. The standard InChI is InChI=1S/C19H21N7/c1-26-7-3-4-11(10-26)18-13(8-20)16(14(9-21)19(24)25-18)12-5-2-6-15(22)17(12)23/h2,5-6,9-10,16,22-23H,3-4,7,21H2,1H3,(H2,24,25)/b14-9-,22-15?,23-17?. The van der Waals surface area contributed by atoms with Crippen LogP contribution in [0.1, 0.15) is 12.8 Å². The molecule has 7 heteroatoms. The molecule has 0 saturated heterocycles. The van der Waals surface area contributed by atoms with Gasteiger partial charge in [0.1, 0.15) is 5.84 Å². The van der Waals surface area contributed by atoms with Crippen LogP contribution >= 0.6 is 0 Å². The molecular weight excluding hydrogens is 326 g/mol. The summed E-state index contributed by atoms with van der Waals surface area (Å²) in [6.07, 6.45) is 10.1. The largest absolute Gasteiger partial charge is 0.404 e. The van der Waals surface area contributed by atoms with Gasteiger partial charge in [0.2, 0.25) is 0 Å². The minimum Gasteiger partial charge on any atom is -0.404 e. The third kappa shape index (κ3) is 2.86. The normalized spacial score (nSPS) is 25.1. The van der Waals surface area contributed by atoms with Crippen molar-refractivity contribution in [2.24, 2.45) is 22.4 Å². The number of hydrogen-bond donors (Lipinski definition) is 4. The summed E-state index contributed by atoms with van der Waals surface area (Å²) in [5.74, 6) is -0.348. The molecule has 0 spiro atoms. The van der Waals surface area contributed by atoms with Crippen molar-refractivity contribution >= 4 is 17.3 Å². The Hall–Kier alpha value is -3.40. The highest BCUT2D eigenvalue weighted by molar-refractivity contribution is 6.51. The van der Waals surface area contributed by atoms with Crippen LogP contribution < -0.4 is 11.5 Å². The van der Waals surface area contributed by atoms with Gasteiger partial charge in [-0.25, -0.2) is 4.99 Å². The molecule has 0 amide bonds. The molecule has 7 nitrogen and oxygen atoms in total. The van der Waals surface area contributed by atoms with E-state index < -0.39 is 5.92 Å². The second-order valence-corrected chi connectivity index (χ2v) is 6.43. The molecule has 26 heavy (non-hydrogen) atoms. The molecule has 1 aliphatic carbocycles. The minimum absolute atomic E-state index is 0.0633. The fourth-order valence-corrected chi connectivity index (χ4v) is 3.46. The van der Waals surface area contributed by atoms with E-state index >= 15 is 0 Å². The van der Waals surface area contributed by atoms with Crippen molar-refractivity contribution in [3.8, 4) is 6.07 Å². The van der Waals surface area contributed by atoms with Gasteiger partial charge < -0.3 is 16.4 Å². The number of allylic oxidation sites excluding steroid dienone is 6. The number of amidine groups is 1. The predicted molar refractivity (Wildman–Crippen MR) is 103 cm³/mol. The van der Waals surface area contributed by atoms with Gasteiger partial charge in [-0.05, 0) is 30.1 Å². The number of aliphatic imine (C=N–C) groups is 1. The van der Waals surface area contributed by atoms with Crippen LogP contribution in [-0.4, -0.2) is 35.8 Å². The maximum absolute atomic E-state index is 9.91. The van der Waals surface area contributed by atoms with Crippen LogP contribution in [0.2, 0.25) is 0 Å². The van der Waals surface area contributed by atoms with Crippen LogP contribution in [0.15, 0.2) is 63.6 Å². The molecule has 2 heterocycles. The molecule has 0 fully saturated rings. The van der Waals surface area contributed by atoms with E-state index in [-0.39, 0.29) is 17.3 Å². The Morgan fingerprint density at radius 1 is 1.42 bits per heavy atom. The molecule has 0 aromatic carbocycles. The topological polar surface area (TPSA) is 139 Å². The molecule has 0 saturated carbocycles. The average Bonchev–Trinajstić information content (AvgIpc) is 2.63. The summed E-state index contributed by atoms with van der Waals surface area (Å²) < 4.78 is 0. The van der Waals surface area contributed by atoms with Gasteiger partial charge in [0.15, 0.2) is 0 Å². The first-order valence-electron chi connectivity index (χ1n) is 8.36. The van der Waals surface area contributed by atoms with Crippen molar-refractivity contribution in [3.05, 3.63) is 58.6 Å². The van der Waals surface area contributed by atoms with Gasteiger partial charge in [0, 0.05) is 31.6 Å². The van der Waals surface area contributed by atoms with Gasteiger partial charge in [-0.2, -0.15) is 5.26 Å². The molecule has 6 N–H and O–H groups in total. The second-order valence-electron chi connectivity index (χ2n) is 6.43. The Bertz CT molecular complexity index is 903. The van der Waals surface area contributed by atoms with Gasteiger partial charge >= 0.3 is 0 Å². The van der Waals surface area contributed by atoms with E-state index in [0.717, 1.165) is 25.0 Å². The number of nitrogens with zero attached hydrogens (tertiary/aromatic N) is 3. The van der Waals surface area contributed by atoms with Gasteiger partial charge in [-0.3, -0.25) is 10.8 Å². The molecule has 1 unspecified atom stereocenters. The van der Waals surface area contributed by atoms with E-state index in [1.807, 2.05) is 13.2 Å². The van der Waals surface area contributed by atoms with Crippen molar-refractivity contribution in [2.75, 3.05) is 13.6 Å². The Labute approximate surface area is 152 Å². The van der Waals surface area contributed by atoms with Crippen molar-refractivity contribution in [3.63, 3.8) is 0 Å². The van der Waals surface area contributed by atoms with E-state index in [4.69, 9.17) is 22.3 Å². The number of hydrogen-bond acceptors (Lipinski definition) is 7. The SMILES string of the molecule is CN1C=C(C2=C(C#N)C(C3=CC=CC(=N)C3=N)/C(=C/N)C(N)=N2)CCC1. The Morgan fingerprint density at radius 3 is 2.85 bits per heavy atom. The summed E-state index contributed by atoms with van der Waals surface area (Å²) in [6.45, 7) is 0.951. The zero-order valence-corrected chi connectivity index (χ0v) is 14.6. The zero-order valence-electron chi connectivity index (χ0n) is 14.6. The lowest BCUT2D eigenvalue weighted by atomic mass is 9.76. The maximum Gasteiger partial charge on any atom is 0.129 e. The van der Waals surface area contributed by atoms with Crippen molar-refractivity contribution < 1.29 is 0 Å². The monoisotopic (exact) mass is 347 g/mol. The van der Waals surface area contributed by atoms with Crippen LogP contribution in [0.3, 0.4) is 0 Å². The molecule has 3 aliphatic rings. The Morgan fingerprint density at radius 2 is 2.19 bits per heavy atom. The lowest BCUT2D eigenvalue weighted by Gasteiger charge is -2.30. The van der Waals surface area contributed by atoms with Crippen LogP contribution in [0.5, 0.6) is 0 Å². The van der Waals surface area contributed by atoms with E-state index in [1.54, 1.807) is 18.2 Å². The predicted octanol–water partition coefficient (Wildman–Crippen LogP) is 1.74. The molecule has 1 atom stereocenters. The first-order valence-corrected chi connectivity index (χ1v) is 8.36. The molecule has 132 valence electrons. The number of rotatable bonds is 2. The number of nitrogens with two attached hydrogens (primary N) is 2. The quantitative estimate of drug-likeness (QED) is 0.565. The van der Waals surface area contributed by atoms with E-state index in [0.29, 0.717) is 22.4 Å². The van der Waals surface area contributed by atoms with Gasteiger partial charge in [-0.15, -0.1) is 0 Å². The molecular formula is C19H21N7. The molecule has 0 aromatic rings. The first-order chi connectivity index (χ1) is 12.5. The summed E-state index contributed by atoms with van der Waals surface area (Å²) >= 11 is 0. The van der Waals surface area contributed by atoms with Crippen LogP contribution in [-0.2, 0) is 0 Å². The molecule has 3 rings (SSSR count). The highest BCUT2D eigenvalue weighted by Gasteiger charge is 2.35. The molecule has 0 bridgehead atoms. The Kier molecular flexibility index (Phi) is 4.59.